The van der Waals surface area contributed by atoms with Crippen molar-refractivity contribution in [1.82, 2.24) is 9.97 Å². The molecule has 0 unspecified atom stereocenters. The summed E-state index contributed by atoms with van der Waals surface area (Å²) < 4.78 is 17.5. The maximum absolute atomic E-state index is 12.3. The standard InChI is InChI=1S/C22H25N3O4S2/c1-22(2,3)9-15-10-23-19(29-15)12-30-20-11-24-21(31-20)25-18(26)7-5-14-4-6-16-17(8-14)28-13-27-16/h4,6,8,10-11H,5,7,9,12-13H2,1-3H3,(H,24,25,26). The first-order valence-corrected chi connectivity index (χ1v) is 11.8. The van der Waals surface area contributed by atoms with E-state index in [1.165, 1.54) is 11.3 Å². The number of thioether (sulfide) groups is 1. The van der Waals surface area contributed by atoms with Gasteiger partial charge in [-0.3, -0.25) is 4.79 Å². The molecule has 1 aromatic carbocycles. The molecule has 2 aromatic heterocycles. The Hall–Kier alpha value is -2.52. The highest BCUT2D eigenvalue weighted by molar-refractivity contribution is 8.00. The zero-order valence-corrected chi connectivity index (χ0v) is 19.4. The summed E-state index contributed by atoms with van der Waals surface area (Å²) in [7, 11) is 0. The molecule has 0 atom stereocenters. The molecule has 0 spiro atoms. The van der Waals surface area contributed by atoms with Crippen molar-refractivity contribution in [2.24, 2.45) is 5.41 Å². The fraction of sp³-hybridized carbons (Fsp3) is 0.409. The number of aryl methyl sites for hydroxylation is 1. The van der Waals surface area contributed by atoms with E-state index in [0.717, 1.165) is 33.5 Å². The first-order chi connectivity index (χ1) is 14.8. The number of hydrogen-bond donors (Lipinski definition) is 1. The first kappa shape index (κ1) is 21.7. The Bertz CT molecular complexity index is 1060. The molecule has 1 aliphatic rings. The Labute approximate surface area is 189 Å². The average molecular weight is 460 g/mol. The van der Waals surface area contributed by atoms with Crippen LogP contribution in [0.4, 0.5) is 5.13 Å². The zero-order valence-electron chi connectivity index (χ0n) is 17.8. The van der Waals surface area contributed by atoms with Crippen LogP contribution in [0.1, 0.15) is 44.4 Å². The van der Waals surface area contributed by atoms with Crippen LogP contribution in [-0.4, -0.2) is 22.7 Å². The number of aromatic nitrogens is 2. The molecule has 3 heterocycles. The summed E-state index contributed by atoms with van der Waals surface area (Å²) in [6.07, 6.45) is 5.42. The number of oxazole rings is 1. The predicted octanol–water partition coefficient (Wildman–Crippen LogP) is 5.31. The highest BCUT2D eigenvalue weighted by atomic mass is 32.2. The second kappa shape index (κ2) is 9.32. The number of ether oxygens (including phenoxy) is 2. The Morgan fingerprint density at radius 1 is 1.19 bits per heavy atom. The molecule has 31 heavy (non-hydrogen) atoms. The average Bonchev–Trinajstić information content (AvgIpc) is 3.44. The quantitative estimate of drug-likeness (QED) is 0.457. The number of hydrogen-bond acceptors (Lipinski definition) is 8. The molecule has 7 nitrogen and oxygen atoms in total. The molecule has 0 saturated carbocycles. The monoisotopic (exact) mass is 459 g/mol. The maximum Gasteiger partial charge on any atom is 0.231 e. The van der Waals surface area contributed by atoms with Gasteiger partial charge in [0.2, 0.25) is 18.6 Å². The molecule has 0 saturated heterocycles. The van der Waals surface area contributed by atoms with Gasteiger partial charge in [-0.2, -0.15) is 0 Å². The molecule has 0 aliphatic carbocycles. The smallest absolute Gasteiger partial charge is 0.231 e. The normalized spacial score (nSPS) is 12.9. The van der Waals surface area contributed by atoms with Crippen molar-refractivity contribution in [3.8, 4) is 11.5 Å². The lowest BCUT2D eigenvalue weighted by Crippen LogP contribution is -2.11. The first-order valence-electron chi connectivity index (χ1n) is 10.0. The minimum absolute atomic E-state index is 0.0666. The van der Waals surface area contributed by atoms with Crippen LogP contribution >= 0.6 is 23.1 Å². The van der Waals surface area contributed by atoms with E-state index >= 15 is 0 Å². The molecule has 1 N–H and O–H groups in total. The fourth-order valence-electron chi connectivity index (χ4n) is 3.07. The van der Waals surface area contributed by atoms with Crippen LogP contribution in [0.2, 0.25) is 0 Å². The lowest BCUT2D eigenvalue weighted by atomic mass is 9.91. The van der Waals surface area contributed by atoms with Gasteiger partial charge in [0, 0.05) is 12.8 Å². The Morgan fingerprint density at radius 3 is 2.87 bits per heavy atom. The van der Waals surface area contributed by atoms with E-state index in [1.807, 2.05) is 18.2 Å². The van der Waals surface area contributed by atoms with Crippen LogP contribution in [-0.2, 0) is 23.4 Å². The van der Waals surface area contributed by atoms with E-state index in [-0.39, 0.29) is 18.1 Å². The Balaban J connectivity index is 1.23. The maximum atomic E-state index is 12.3. The van der Waals surface area contributed by atoms with Crippen molar-refractivity contribution in [3.63, 3.8) is 0 Å². The molecule has 9 heteroatoms. The number of benzene rings is 1. The number of nitrogens with one attached hydrogen (secondary N) is 1. The summed E-state index contributed by atoms with van der Waals surface area (Å²) in [6, 6.07) is 5.75. The highest BCUT2D eigenvalue weighted by Gasteiger charge is 2.16. The van der Waals surface area contributed by atoms with Gasteiger partial charge in [-0.05, 0) is 29.5 Å². The third-order valence-corrected chi connectivity index (χ3v) is 6.54. The molecule has 0 fully saturated rings. The molecule has 1 amide bonds. The van der Waals surface area contributed by atoms with E-state index in [0.29, 0.717) is 29.6 Å². The van der Waals surface area contributed by atoms with Gasteiger partial charge in [0.1, 0.15) is 5.76 Å². The van der Waals surface area contributed by atoms with Gasteiger partial charge in [-0.25, -0.2) is 9.97 Å². The van der Waals surface area contributed by atoms with E-state index in [9.17, 15) is 4.79 Å². The van der Waals surface area contributed by atoms with Crippen molar-refractivity contribution in [1.29, 1.82) is 0 Å². The summed E-state index contributed by atoms with van der Waals surface area (Å²) in [4.78, 5) is 21.0. The molecule has 0 bridgehead atoms. The topological polar surface area (TPSA) is 86.5 Å². The van der Waals surface area contributed by atoms with Gasteiger partial charge >= 0.3 is 0 Å². The molecule has 0 radical (unpaired) electrons. The largest absolute Gasteiger partial charge is 0.454 e. The summed E-state index contributed by atoms with van der Waals surface area (Å²) in [6.45, 7) is 6.77. The summed E-state index contributed by atoms with van der Waals surface area (Å²) >= 11 is 3.05. The molecule has 3 aromatic rings. The van der Waals surface area contributed by atoms with Crippen molar-refractivity contribution in [2.45, 2.75) is 50.0 Å². The van der Waals surface area contributed by atoms with Crippen LogP contribution < -0.4 is 14.8 Å². The van der Waals surface area contributed by atoms with Crippen molar-refractivity contribution >= 4 is 34.1 Å². The Kier molecular flexibility index (Phi) is 6.52. The lowest BCUT2D eigenvalue weighted by Gasteiger charge is -2.15. The predicted molar refractivity (Wildman–Crippen MR) is 121 cm³/mol. The minimum atomic E-state index is -0.0666. The minimum Gasteiger partial charge on any atom is -0.454 e. The van der Waals surface area contributed by atoms with Gasteiger partial charge in [-0.15, -0.1) is 11.8 Å². The number of rotatable bonds is 8. The van der Waals surface area contributed by atoms with Gasteiger partial charge < -0.3 is 19.2 Å². The van der Waals surface area contributed by atoms with Crippen molar-refractivity contribution in [3.05, 3.63) is 47.8 Å². The van der Waals surface area contributed by atoms with E-state index < -0.39 is 0 Å². The summed E-state index contributed by atoms with van der Waals surface area (Å²) in [5.41, 5.74) is 1.20. The fourth-order valence-corrected chi connectivity index (χ4v) is 4.81. The SMILES string of the molecule is CC(C)(C)Cc1cnc(CSc2cnc(NC(=O)CCc3ccc4c(c3)OCO4)s2)o1. The molecule has 4 rings (SSSR count). The molecule has 1 aliphatic heterocycles. The number of amides is 1. The third kappa shape index (κ3) is 6.24. The van der Waals surface area contributed by atoms with E-state index in [1.54, 1.807) is 24.2 Å². The zero-order chi connectivity index (χ0) is 21.8. The number of thiazole rings is 1. The summed E-state index contributed by atoms with van der Waals surface area (Å²) in [5.74, 6) is 3.65. The molecular formula is C22H25N3O4S2. The third-order valence-electron chi connectivity index (χ3n) is 4.45. The second-order valence-electron chi connectivity index (χ2n) is 8.47. The lowest BCUT2D eigenvalue weighted by molar-refractivity contribution is -0.116. The molecule has 164 valence electrons. The van der Waals surface area contributed by atoms with Crippen LogP contribution in [0.5, 0.6) is 11.5 Å². The van der Waals surface area contributed by atoms with Gasteiger partial charge in [0.05, 0.1) is 22.4 Å². The van der Waals surface area contributed by atoms with Crippen LogP contribution in [0.15, 0.2) is 39.2 Å². The Morgan fingerprint density at radius 2 is 2.03 bits per heavy atom. The van der Waals surface area contributed by atoms with Crippen molar-refractivity contribution in [2.75, 3.05) is 12.1 Å². The van der Waals surface area contributed by atoms with Crippen LogP contribution in [0.25, 0.3) is 0 Å². The number of carbonyl (C=O) groups is 1. The van der Waals surface area contributed by atoms with Gasteiger partial charge in [0.15, 0.2) is 16.6 Å². The van der Waals surface area contributed by atoms with E-state index in [4.69, 9.17) is 13.9 Å². The number of anilines is 1. The van der Waals surface area contributed by atoms with Crippen molar-refractivity contribution < 1.29 is 18.7 Å². The van der Waals surface area contributed by atoms with Crippen LogP contribution in [0, 0.1) is 5.41 Å². The number of nitrogens with zero attached hydrogens (tertiary/aromatic N) is 2. The summed E-state index contributed by atoms with van der Waals surface area (Å²) in [5, 5.41) is 3.47. The van der Waals surface area contributed by atoms with Gasteiger partial charge in [-0.1, -0.05) is 38.2 Å². The molecular weight excluding hydrogens is 434 g/mol. The number of carbonyl (C=O) groups excluding carboxylic acids is 1. The van der Waals surface area contributed by atoms with Gasteiger partial charge in [0.25, 0.3) is 0 Å². The van der Waals surface area contributed by atoms with E-state index in [2.05, 4.69) is 36.1 Å². The van der Waals surface area contributed by atoms with Crippen LogP contribution in [0.3, 0.4) is 0 Å². The number of fused-ring (bicyclic) bond motifs is 1. The second-order valence-corrected chi connectivity index (χ2v) is 10.8. The highest BCUT2D eigenvalue weighted by Crippen LogP contribution is 2.33.